The fraction of sp³-hybridized carbons (Fsp3) is 0.440. The van der Waals surface area contributed by atoms with Gasteiger partial charge in [-0.25, -0.2) is 4.79 Å². The van der Waals surface area contributed by atoms with Gasteiger partial charge in [-0.15, -0.1) is 0 Å². The lowest BCUT2D eigenvalue weighted by Gasteiger charge is -2.25. The zero-order chi connectivity index (χ0) is 22.7. The van der Waals surface area contributed by atoms with Crippen LogP contribution in [-0.2, 0) is 20.4 Å². The maximum Gasteiger partial charge on any atom is 0.338 e. The van der Waals surface area contributed by atoms with Crippen LogP contribution >= 0.6 is 0 Å². The second-order valence-corrected chi connectivity index (χ2v) is 9.63. The Morgan fingerprint density at radius 3 is 1.97 bits per heavy atom. The van der Waals surface area contributed by atoms with Crippen molar-refractivity contribution >= 4 is 17.6 Å². The molecule has 0 aliphatic rings. The number of esters is 1. The maximum absolute atomic E-state index is 12.7. The summed E-state index contributed by atoms with van der Waals surface area (Å²) in [6, 6.07) is 11.3. The molecule has 1 N–H and O–H groups in total. The largest absolute Gasteiger partial charge is 0.495 e. The Morgan fingerprint density at radius 1 is 0.900 bits per heavy atom. The molecule has 0 saturated carbocycles. The lowest BCUT2D eigenvalue weighted by atomic mass is 9.79. The van der Waals surface area contributed by atoms with E-state index >= 15 is 0 Å². The van der Waals surface area contributed by atoms with Crippen molar-refractivity contribution in [2.75, 3.05) is 19.0 Å². The van der Waals surface area contributed by atoms with Crippen molar-refractivity contribution in [3.05, 3.63) is 58.7 Å². The molecule has 162 valence electrons. The highest BCUT2D eigenvalue weighted by atomic mass is 16.5. The fourth-order valence-electron chi connectivity index (χ4n) is 2.93. The van der Waals surface area contributed by atoms with Gasteiger partial charge < -0.3 is 14.8 Å². The third-order valence-electron chi connectivity index (χ3n) is 4.86. The highest BCUT2D eigenvalue weighted by Crippen LogP contribution is 2.30. The average molecular weight is 412 g/mol. The van der Waals surface area contributed by atoms with Crippen molar-refractivity contribution < 1.29 is 19.1 Å². The number of hydrogen-bond acceptors (Lipinski definition) is 4. The summed E-state index contributed by atoms with van der Waals surface area (Å²) in [6.45, 7) is 14.2. The third-order valence-corrected chi connectivity index (χ3v) is 4.86. The van der Waals surface area contributed by atoms with E-state index in [0.29, 0.717) is 17.0 Å². The molecule has 1 amide bonds. The predicted octanol–water partition coefficient (Wildman–Crippen LogP) is 5.39. The number of ether oxygens (including phenoxy) is 2. The lowest BCUT2D eigenvalue weighted by molar-refractivity contribution is -0.119. The van der Waals surface area contributed by atoms with Crippen molar-refractivity contribution in [3.8, 4) is 5.75 Å². The number of methoxy groups -OCH3 is 1. The molecule has 0 heterocycles. The van der Waals surface area contributed by atoms with Gasteiger partial charge in [-0.3, -0.25) is 4.79 Å². The van der Waals surface area contributed by atoms with Gasteiger partial charge in [0, 0.05) is 0 Å². The summed E-state index contributed by atoms with van der Waals surface area (Å²) in [5.41, 5.74) is 3.85. The molecule has 0 spiro atoms. The number of aryl methyl sites for hydroxylation is 1. The van der Waals surface area contributed by atoms with Crippen LogP contribution in [-0.4, -0.2) is 25.6 Å². The van der Waals surface area contributed by atoms with E-state index in [9.17, 15) is 9.59 Å². The Kier molecular flexibility index (Phi) is 6.96. The molecule has 0 aliphatic carbocycles. The molecule has 0 aliphatic heterocycles. The van der Waals surface area contributed by atoms with E-state index in [-0.39, 0.29) is 17.4 Å². The summed E-state index contributed by atoms with van der Waals surface area (Å²) in [6.07, 6.45) is 0. The quantitative estimate of drug-likeness (QED) is 0.670. The molecule has 0 radical (unpaired) electrons. The first-order valence-electron chi connectivity index (χ1n) is 10.1. The normalized spacial score (nSPS) is 11.7. The van der Waals surface area contributed by atoms with E-state index in [1.165, 1.54) is 7.11 Å². The van der Waals surface area contributed by atoms with Crippen LogP contribution in [0.1, 0.15) is 68.6 Å². The van der Waals surface area contributed by atoms with Gasteiger partial charge in [0.2, 0.25) is 0 Å². The molecule has 5 nitrogen and oxygen atoms in total. The molecule has 0 fully saturated rings. The van der Waals surface area contributed by atoms with Crippen LogP contribution in [0.3, 0.4) is 0 Å². The van der Waals surface area contributed by atoms with Crippen LogP contribution in [0.5, 0.6) is 5.75 Å². The van der Waals surface area contributed by atoms with E-state index < -0.39 is 11.9 Å². The van der Waals surface area contributed by atoms with E-state index in [1.807, 2.05) is 25.1 Å². The van der Waals surface area contributed by atoms with Crippen LogP contribution in [0, 0.1) is 6.92 Å². The van der Waals surface area contributed by atoms with Crippen molar-refractivity contribution in [1.29, 1.82) is 0 Å². The van der Waals surface area contributed by atoms with Gasteiger partial charge in [0.1, 0.15) is 5.75 Å². The predicted molar refractivity (Wildman–Crippen MR) is 120 cm³/mol. The molecule has 2 aromatic rings. The number of nitrogens with one attached hydrogen (secondary N) is 1. The minimum absolute atomic E-state index is 0.116. The molecule has 2 rings (SSSR count). The zero-order valence-corrected chi connectivity index (χ0v) is 19.3. The fourth-order valence-corrected chi connectivity index (χ4v) is 2.93. The topological polar surface area (TPSA) is 64.6 Å². The van der Waals surface area contributed by atoms with Crippen LogP contribution in [0.15, 0.2) is 36.4 Å². The lowest BCUT2D eigenvalue weighted by Crippen LogP contribution is -2.22. The molecule has 0 unspecified atom stereocenters. The number of rotatable bonds is 5. The van der Waals surface area contributed by atoms with Crippen molar-refractivity contribution in [2.45, 2.75) is 59.3 Å². The number of benzene rings is 2. The monoisotopic (exact) mass is 411 g/mol. The highest BCUT2D eigenvalue weighted by molar-refractivity contribution is 5.96. The number of carbonyl (C=O) groups excluding carboxylic acids is 2. The van der Waals surface area contributed by atoms with Crippen LogP contribution in [0.4, 0.5) is 5.69 Å². The van der Waals surface area contributed by atoms with Gasteiger partial charge in [-0.05, 0) is 58.7 Å². The van der Waals surface area contributed by atoms with Crippen molar-refractivity contribution in [3.63, 3.8) is 0 Å². The first kappa shape index (κ1) is 23.5. The Balaban J connectivity index is 2.16. The number of hydrogen-bond donors (Lipinski definition) is 1. The van der Waals surface area contributed by atoms with E-state index in [0.717, 1.165) is 16.7 Å². The molecule has 0 saturated heterocycles. The molecule has 2 aromatic carbocycles. The van der Waals surface area contributed by atoms with E-state index in [2.05, 4.69) is 52.9 Å². The highest BCUT2D eigenvalue weighted by Gasteiger charge is 2.23. The first-order valence-corrected chi connectivity index (χ1v) is 10.1. The standard InChI is InChI=1S/C25H33NO4/c1-16-9-10-21(29-8)20(11-16)26-22(27)15-30-23(28)17-12-18(24(2,3)4)14-19(13-17)25(5,6)7/h9-14H,15H2,1-8H3,(H,26,27). The summed E-state index contributed by atoms with van der Waals surface area (Å²) in [4.78, 5) is 25.0. The second-order valence-electron chi connectivity index (χ2n) is 9.63. The van der Waals surface area contributed by atoms with Gasteiger partial charge in [0.05, 0.1) is 18.4 Å². The number of amides is 1. The molecule has 0 bridgehead atoms. The van der Waals surface area contributed by atoms with E-state index in [4.69, 9.17) is 9.47 Å². The summed E-state index contributed by atoms with van der Waals surface area (Å²) in [7, 11) is 1.54. The summed E-state index contributed by atoms with van der Waals surface area (Å²) < 4.78 is 10.6. The van der Waals surface area contributed by atoms with Gasteiger partial charge in [0.15, 0.2) is 6.61 Å². The van der Waals surface area contributed by atoms with Crippen molar-refractivity contribution in [1.82, 2.24) is 0 Å². The Bertz CT molecular complexity index is 901. The molecular weight excluding hydrogens is 378 g/mol. The van der Waals surface area contributed by atoms with Crippen molar-refractivity contribution in [2.24, 2.45) is 0 Å². The van der Waals surface area contributed by atoms with Gasteiger partial charge >= 0.3 is 5.97 Å². The minimum Gasteiger partial charge on any atom is -0.495 e. The Hall–Kier alpha value is -2.82. The molecule has 0 aromatic heterocycles. The number of carbonyl (C=O) groups is 2. The third kappa shape index (κ3) is 6.09. The first-order chi connectivity index (χ1) is 13.8. The molecule has 0 atom stereocenters. The SMILES string of the molecule is COc1ccc(C)cc1NC(=O)COC(=O)c1cc(C(C)(C)C)cc(C(C)(C)C)c1. The Morgan fingerprint density at radius 2 is 1.47 bits per heavy atom. The van der Waals surface area contributed by atoms with Crippen LogP contribution in [0.25, 0.3) is 0 Å². The summed E-state index contributed by atoms with van der Waals surface area (Å²) in [5.74, 6) is -0.388. The average Bonchev–Trinajstić information content (AvgIpc) is 2.64. The summed E-state index contributed by atoms with van der Waals surface area (Å²) >= 11 is 0. The van der Waals surface area contributed by atoms with Gasteiger partial charge in [-0.1, -0.05) is 53.7 Å². The maximum atomic E-state index is 12.7. The molecule has 30 heavy (non-hydrogen) atoms. The minimum atomic E-state index is -0.516. The zero-order valence-electron chi connectivity index (χ0n) is 19.3. The molecule has 5 heteroatoms. The Labute approximate surface area is 179 Å². The van der Waals surface area contributed by atoms with Gasteiger partial charge in [-0.2, -0.15) is 0 Å². The number of anilines is 1. The van der Waals surface area contributed by atoms with Crippen LogP contribution in [0.2, 0.25) is 0 Å². The second kappa shape index (κ2) is 8.90. The molecular formula is C25H33NO4. The smallest absolute Gasteiger partial charge is 0.338 e. The van der Waals surface area contributed by atoms with Crippen LogP contribution < -0.4 is 10.1 Å². The van der Waals surface area contributed by atoms with Gasteiger partial charge in [0.25, 0.3) is 5.91 Å². The van der Waals surface area contributed by atoms with E-state index in [1.54, 1.807) is 12.1 Å². The summed E-state index contributed by atoms with van der Waals surface area (Å²) in [5, 5.41) is 2.74.